The number of rotatable bonds is 8. The monoisotopic (exact) mass is 294 g/mol. The Balaban J connectivity index is 2.06. The fourth-order valence-corrected chi connectivity index (χ4v) is 2.35. The molecule has 0 amide bonds. The van der Waals surface area contributed by atoms with Gasteiger partial charge in [-0.25, -0.2) is 12.8 Å². The highest BCUT2D eigenvalue weighted by Gasteiger charge is 2.03. The number of unbranched alkanes of at least 4 members (excludes halogenated alkanes) is 3. The minimum atomic E-state index is -3.37. The molecular formula is C12H16ClFO3S. The van der Waals surface area contributed by atoms with Gasteiger partial charge in [0.25, 0.3) is 0 Å². The topological polar surface area (TPSA) is 43.4 Å². The Morgan fingerprint density at radius 2 is 1.89 bits per heavy atom. The van der Waals surface area contributed by atoms with Crippen LogP contribution < -0.4 is 4.74 Å². The fraction of sp³-hybridized carbons (Fsp3) is 0.500. The van der Waals surface area contributed by atoms with Crippen molar-refractivity contribution in [2.45, 2.75) is 25.7 Å². The van der Waals surface area contributed by atoms with Crippen molar-refractivity contribution in [2.24, 2.45) is 0 Å². The van der Waals surface area contributed by atoms with Crippen molar-refractivity contribution >= 4 is 19.7 Å². The van der Waals surface area contributed by atoms with Crippen molar-refractivity contribution in [1.82, 2.24) is 0 Å². The Labute approximate surface area is 111 Å². The third-order valence-corrected chi connectivity index (χ3v) is 3.59. The van der Waals surface area contributed by atoms with Crippen molar-refractivity contribution in [2.75, 3.05) is 12.4 Å². The lowest BCUT2D eigenvalue weighted by Crippen LogP contribution is -1.99. The van der Waals surface area contributed by atoms with Crippen LogP contribution in [0, 0.1) is 5.82 Å². The molecule has 0 saturated carbocycles. The van der Waals surface area contributed by atoms with E-state index in [4.69, 9.17) is 15.4 Å². The third kappa shape index (κ3) is 7.50. The molecule has 0 fully saturated rings. The second-order valence-corrected chi connectivity index (χ2v) is 6.86. The Morgan fingerprint density at radius 3 is 2.56 bits per heavy atom. The van der Waals surface area contributed by atoms with E-state index in [1.165, 1.54) is 12.1 Å². The molecule has 0 aromatic heterocycles. The molecule has 3 nitrogen and oxygen atoms in total. The van der Waals surface area contributed by atoms with Gasteiger partial charge in [-0.2, -0.15) is 0 Å². The van der Waals surface area contributed by atoms with Crippen LogP contribution in [0.2, 0.25) is 0 Å². The van der Waals surface area contributed by atoms with E-state index < -0.39 is 9.05 Å². The Hall–Kier alpha value is -0.810. The summed E-state index contributed by atoms with van der Waals surface area (Å²) in [5.74, 6) is 0.206. The van der Waals surface area contributed by atoms with Gasteiger partial charge >= 0.3 is 0 Å². The second kappa shape index (κ2) is 7.59. The molecule has 0 aliphatic heterocycles. The number of benzene rings is 1. The van der Waals surface area contributed by atoms with Gasteiger partial charge in [0.15, 0.2) is 0 Å². The molecule has 0 heterocycles. The molecule has 0 radical (unpaired) electrons. The van der Waals surface area contributed by atoms with Crippen molar-refractivity contribution in [3.63, 3.8) is 0 Å². The van der Waals surface area contributed by atoms with E-state index in [0.29, 0.717) is 18.8 Å². The summed E-state index contributed by atoms with van der Waals surface area (Å²) in [6, 6.07) is 5.98. The highest BCUT2D eigenvalue weighted by atomic mass is 35.7. The van der Waals surface area contributed by atoms with E-state index in [-0.39, 0.29) is 11.6 Å². The molecule has 0 bridgehead atoms. The predicted octanol–water partition coefficient (Wildman–Crippen LogP) is 3.33. The highest BCUT2D eigenvalue weighted by molar-refractivity contribution is 8.13. The molecule has 1 rings (SSSR count). The number of halogens is 2. The van der Waals surface area contributed by atoms with Crippen LogP contribution in [0.15, 0.2) is 24.3 Å². The molecule has 0 aliphatic carbocycles. The minimum absolute atomic E-state index is 0.0132. The van der Waals surface area contributed by atoms with Crippen LogP contribution in [-0.4, -0.2) is 20.8 Å². The summed E-state index contributed by atoms with van der Waals surface area (Å²) in [5.41, 5.74) is 0. The van der Waals surface area contributed by atoms with Crippen molar-refractivity contribution < 1.29 is 17.5 Å². The summed E-state index contributed by atoms with van der Waals surface area (Å²) in [6.07, 6.45) is 3.02. The lowest BCUT2D eigenvalue weighted by Gasteiger charge is -2.05. The summed E-state index contributed by atoms with van der Waals surface area (Å²) in [6.45, 7) is 0.497. The van der Waals surface area contributed by atoms with Gasteiger partial charge in [-0.1, -0.05) is 18.9 Å². The maximum atomic E-state index is 12.8. The van der Waals surface area contributed by atoms with Crippen LogP contribution in [0.1, 0.15) is 25.7 Å². The van der Waals surface area contributed by atoms with Crippen molar-refractivity contribution in [3.05, 3.63) is 30.1 Å². The summed E-state index contributed by atoms with van der Waals surface area (Å²) >= 11 is 0. The van der Waals surface area contributed by atoms with Gasteiger partial charge in [-0.3, -0.25) is 0 Å². The molecule has 0 unspecified atom stereocenters. The minimum Gasteiger partial charge on any atom is -0.493 e. The average Bonchev–Trinajstić information content (AvgIpc) is 2.26. The molecule has 1 aromatic rings. The quantitative estimate of drug-likeness (QED) is 0.545. The molecule has 0 N–H and O–H groups in total. The van der Waals surface area contributed by atoms with E-state index in [1.54, 1.807) is 12.1 Å². The fourth-order valence-electron chi connectivity index (χ4n) is 1.48. The zero-order valence-electron chi connectivity index (χ0n) is 9.94. The molecule has 0 saturated heterocycles. The second-order valence-electron chi connectivity index (χ2n) is 3.96. The van der Waals surface area contributed by atoms with Gasteiger partial charge in [0.05, 0.1) is 12.4 Å². The maximum absolute atomic E-state index is 12.8. The first-order valence-electron chi connectivity index (χ1n) is 5.78. The number of hydrogen-bond donors (Lipinski definition) is 0. The SMILES string of the molecule is O=S(=O)(Cl)CCCCCCOc1cccc(F)c1. The summed E-state index contributed by atoms with van der Waals surface area (Å²) in [7, 11) is 1.71. The first-order chi connectivity index (χ1) is 8.47. The lowest BCUT2D eigenvalue weighted by molar-refractivity contribution is 0.303. The van der Waals surface area contributed by atoms with Gasteiger partial charge in [-0.15, -0.1) is 0 Å². The van der Waals surface area contributed by atoms with Gasteiger partial charge in [0, 0.05) is 16.7 Å². The number of hydrogen-bond acceptors (Lipinski definition) is 3. The maximum Gasteiger partial charge on any atom is 0.232 e. The summed E-state index contributed by atoms with van der Waals surface area (Å²) in [4.78, 5) is 0. The zero-order valence-corrected chi connectivity index (χ0v) is 11.5. The first-order valence-corrected chi connectivity index (χ1v) is 8.26. The van der Waals surface area contributed by atoms with Crippen LogP contribution in [0.4, 0.5) is 4.39 Å². The van der Waals surface area contributed by atoms with Crippen LogP contribution in [0.3, 0.4) is 0 Å². The van der Waals surface area contributed by atoms with Gasteiger partial charge in [0.1, 0.15) is 11.6 Å². The lowest BCUT2D eigenvalue weighted by atomic mass is 10.2. The van der Waals surface area contributed by atoms with E-state index in [9.17, 15) is 12.8 Å². The van der Waals surface area contributed by atoms with E-state index in [2.05, 4.69) is 0 Å². The van der Waals surface area contributed by atoms with Crippen LogP contribution in [0.25, 0.3) is 0 Å². The van der Waals surface area contributed by atoms with E-state index in [1.807, 2.05) is 0 Å². The first kappa shape index (κ1) is 15.2. The van der Waals surface area contributed by atoms with Crippen molar-refractivity contribution in [3.8, 4) is 5.75 Å². The Kier molecular flexibility index (Phi) is 6.43. The van der Waals surface area contributed by atoms with Gasteiger partial charge in [-0.05, 0) is 25.0 Å². The molecule has 0 atom stereocenters. The molecule has 0 aliphatic rings. The summed E-state index contributed by atoms with van der Waals surface area (Å²) in [5, 5.41) is 0. The predicted molar refractivity (Wildman–Crippen MR) is 70.0 cm³/mol. The molecule has 18 heavy (non-hydrogen) atoms. The summed E-state index contributed by atoms with van der Waals surface area (Å²) < 4.78 is 39.4. The molecule has 0 spiro atoms. The van der Waals surface area contributed by atoms with Crippen LogP contribution >= 0.6 is 10.7 Å². The Bertz CT molecular complexity index is 462. The van der Waals surface area contributed by atoms with Crippen molar-refractivity contribution in [1.29, 1.82) is 0 Å². The Morgan fingerprint density at radius 1 is 1.17 bits per heavy atom. The largest absolute Gasteiger partial charge is 0.493 e. The third-order valence-electron chi connectivity index (χ3n) is 2.35. The molecule has 1 aromatic carbocycles. The standard InChI is InChI=1S/C12H16ClFO3S/c13-18(15,16)9-4-2-1-3-8-17-12-7-5-6-11(14)10-12/h5-7,10H,1-4,8-9H2. The smallest absolute Gasteiger partial charge is 0.232 e. The van der Waals surface area contributed by atoms with Crippen LogP contribution in [0.5, 0.6) is 5.75 Å². The number of ether oxygens (including phenoxy) is 1. The van der Waals surface area contributed by atoms with Gasteiger partial charge in [0.2, 0.25) is 9.05 Å². The molecule has 6 heteroatoms. The zero-order chi connectivity index (χ0) is 13.4. The van der Waals surface area contributed by atoms with Crippen LogP contribution in [-0.2, 0) is 9.05 Å². The normalized spacial score (nSPS) is 11.4. The van der Waals surface area contributed by atoms with E-state index >= 15 is 0 Å². The molecule has 102 valence electrons. The average molecular weight is 295 g/mol. The van der Waals surface area contributed by atoms with Gasteiger partial charge < -0.3 is 4.74 Å². The molecular weight excluding hydrogens is 279 g/mol. The van der Waals surface area contributed by atoms with E-state index in [0.717, 1.165) is 19.3 Å². The highest BCUT2D eigenvalue weighted by Crippen LogP contribution is 2.13.